The first-order valence-electron chi connectivity index (χ1n) is 13.1. The highest BCUT2D eigenvalue weighted by Crippen LogP contribution is 2.38. The minimum Gasteiger partial charge on any atom is -0.459 e. The lowest BCUT2D eigenvalue weighted by Crippen LogP contribution is -2.21. The number of aromatic nitrogens is 2. The molecular weight excluding hydrogens is 494 g/mol. The summed E-state index contributed by atoms with van der Waals surface area (Å²) < 4.78 is 8.57. The number of rotatable bonds is 5. The summed E-state index contributed by atoms with van der Waals surface area (Å²) >= 11 is 0. The predicted molar refractivity (Wildman–Crippen MR) is 161 cm³/mol. The summed E-state index contributed by atoms with van der Waals surface area (Å²) in [5, 5.41) is 2.27. The van der Waals surface area contributed by atoms with E-state index < -0.39 is 0 Å². The summed E-state index contributed by atoms with van der Waals surface area (Å²) in [6, 6.07) is 34.7. The Balaban J connectivity index is 1.35. The van der Waals surface area contributed by atoms with E-state index in [-0.39, 0.29) is 0 Å². The summed E-state index contributed by atoms with van der Waals surface area (Å²) in [5.41, 5.74) is 5.87. The van der Waals surface area contributed by atoms with E-state index in [1.165, 1.54) is 11.1 Å². The Morgan fingerprint density at radius 3 is 2.40 bits per heavy atom. The molecule has 6 nitrogen and oxygen atoms in total. The van der Waals surface area contributed by atoms with Crippen LogP contribution in [0.15, 0.2) is 122 Å². The van der Waals surface area contributed by atoms with E-state index >= 15 is 0 Å². The Kier molecular flexibility index (Phi) is 5.68. The van der Waals surface area contributed by atoms with E-state index in [0.717, 1.165) is 40.0 Å². The van der Waals surface area contributed by atoms with Gasteiger partial charge < -0.3 is 14.5 Å². The Labute approximate surface area is 232 Å². The Hall–Kier alpha value is -5.54. The molecule has 0 spiro atoms. The number of pyridine rings is 1. The topological polar surface area (TPSA) is 37.9 Å². The normalized spacial score (nSPS) is 12.8. The van der Waals surface area contributed by atoms with Crippen LogP contribution < -0.4 is 9.64 Å². The van der Waals surface area contributed by atoms with Crippen molar-refractivity contribution in [3.8, 4) is 28.4 Å². The van der Waals surface area contributed by atoms with E-state index in [0.29, 0.717) is 17.2 Å². The fraction of sp³-hybridized carbons (Fsp3) is 0.0588. The second-order valence-electron chi connectivity index (χ2n) is 9.87. The second-order valence-corrected chi connectivity index (χ2v) is 9.87. The van der Waals surface area contributed by atoms with Crippen molar-refractivity contribution in [1.29, 1.82) is 0 Å². The highest BCUT2D eigenvalue weighted by Gasteiger charge is 2.17. The lowest BCUT2D eigenvalue weighted by Gasteiger charge is -2.19. The number of hydrogen-bond donors (Lipinski definition) is 0. The molecule has 0 fully saturated rings. The lowest BCUT2D eigenvalue weighted by molar-refractivity contribution is 0.481. The zero-order valence-electron chi connectivity index (χ0n) is 21.9. The molecule has 40 heavy (non-hydrogen) atoms. The van der Waals surface area contributed by atoms with Gasteiger partial charge in [0.2, 0.25) is 0 Å². The molecule has 0 unspecified atom stereocenters. The number of nitrogens with zero attached hydrogens (tertiary/aromatic N) is 5. The third kappa shape index (κ3) is 4.20. The van der Waals surface area contributed by atoms with Crippen molar-refractivity contribution < 1.29 is 4.74 Å². The molecule has 0 N–H and O–H groups in total. The van der Waals surface area contributed by atoms with Gasteiger partial charge in [0.25, 0.3) is 0 Å². The van der Waals surface area contributed by atoms with E-state index in [1.54, 1.807) is 6.07 Å². The van der Waals surface area contributed by atoms with E-state index in [9.17, 15) is 0 Å². The smallest absolute Gasteiger partial charge is 0.192 e. The predicted octanol–water partition coefficient (Wildman–Crippen LogP) is 8.37. The lowest BCUT2D eigenvalue weighted by atomic mass is 10.0. The van der Waals surface area contributed by atoms with Crippen LogP contribution in [-0.2, 0) is 0 Å². The van der Waals surface area contributed by atoms with Gasteiger partial charge in [0.1, 0.15) is 17.3 Å². The average Bonchev–Trinajstić information content (AvgIpc) is 3.58. The van der Waals surface area contributed by atoms with Crippen LogP contribution in [0.3, 0.4) is 0 Å². The maximum Gasteiger partial charge on any atom is 0.192 e. The van der Waals surface area contributed by atoms with Crippen LogP contribution >= 0.6 is 0 Å². The fourth-order valence-corrected chi connectivity index (χ4v) is 5.30. The summed E-state index contributed by atoms with van der Waals surface area (Å²) in [5.74, 6) is 2.16. The zero-order chi connectivity index (χ0) is 27.1. The van der Waals surface area contributed by atoms with Gasteiger partial charge in [0, 0.05) is 54.2 Å². The molecule has 192 valence electrons. The molecule has 0 amide bonds. The molecule has 6 heteroatoms. The van der Waals surface area contributed by atoms with Crippen molar-refractivity contribution >= 4 is 33.2 Å². The van der Waals surface area contributed by atoms with Gasteiger partial charge in [-0.3, -0.25) is 4.57 Å². The van der Waals surface area contributed by atoms with Crippen LogP contribution in [0.25, 0.3) is 43.6 Å². The van der Waals surface area contributed by atoms with Gasteiger partial charge in [-0.1, -0.05) is 42.5 Å². The van der Waals surface area contributed by atoms with Crippen LogP contribution in [0.1, 0.15) is 0 Å². The van der Waals surface area contributed by atoms with E-state index in [4.69, 9.17) is 11.3 Å². The molecular formula is C34H25N5O. The third-order valence-corrected chi connectivity index (χ3v) is 7.17. The van der Waals surface area contributed by atoms with Crippen LogP contribution in [0, 0.1) is 6.57 Å². The van der Waals surface area contributed by atoms with Crippen molar-refractivity contribution in [2.45, 2.75) is 0 Å². The van der Waals surface area contributed by atoms with Gasteiger partial charge in [-0.2, -0.15) is 0 Å². The molecule has 0 bridgehead atoms. The monoisotopic (exact) mass is 519 g/mol. The molecule has 3 heterocycles. The van der Waals surface area contributed by atoms with Gasteiger partial charge in [0.05, 0.1) is 24.3 Å². The molecule has 7 rings (SSSR count). The summed E-state index contributed by atoms with van der Waals surface area (Å²) in [6.45, 7) is 8.34. The van der Waals surface area contributed by atoms with Crippen molar-refractivity contribution in [3.63, 3.8) is 0 Å². The van der Waals surface area contributed by atoms with Crippen molar-refractivity contribution in [2.75, 3.05) is 18.6 Å². The maximum absolute atomic E-state index is 7.61. The SMILES string of the molecule is [C-]#[N+]c1cc(Oc2ccc3c4cc(-c5ccccc5)ccc4n(-c4ccccn4)c3c2)cc(N2C=CN(C)C2)c1. The fourth-order valence-electron chi connectivity index (χ4n) is 5.30. The van der Waals surface area contributed by atoms with Crippen molar-refractivity contribution in [2.24, 2.45) is 0 Å². The minimum absolute atomic E-state index is 0.535. The summed E-state index contributed by atoms with van der Waals surface area (Å²) in [4.78, 5) is 12.5. The van der Waals surface area contributed by atoms with Crippen molar-refractivity contribution in [3.05, 3.63) is 133 Å². The quantitative estimate of drug-likeness (QED) is 0.215. The molecule has 0 radical (unpaired) electrons. The number of fused-ring (bicyclic) bond motifs is 3. The first kappa shape index (κ1) is 23.6. The highest BCUT2D eigenvalue weighted by molar-refractivity contribution is 6.10. The van der Waals surface area contributed by atoms with Crippen LogP contribution in [-0.4, -0.2) is 28.2 Å². The number of hydrogen-bond acceptors (Lipinski definition) is 4. The Morgan fingerprint density at radius 1 is 0.750 bits per heavy atom. The molecule has 6 aromatic rings. The molecule has 0 atom stereocenters. The molecule has 1 aliphatic rings. The number of ether oxygens (including phenoxy) is 1. The average molecular weight is 520 g/mol. The number of benzene rings is 4. The maximum atomic E-state index is 7.61. The third-order valence-electron chi connectivity index (χ3n) is 7.17. The molecule has 2 aromatic heterocycles. The van der Waals surface area contributed by atoms with Gasteiger partial charge in [-0.05, 0) is 59.7 Å². The van der Waals surface area contributed by atoms with Gasteiger partial charge in [-0.15, -0.1) is 0 Å². The van der Waals surface area contributed by atoms with Crippen LogP contribution in [0.2, 0.25) is 0 Å². The Morgan fingerprint density at radius 2 is 1.62 bits per heavy atom. The first-order valence-corrected chi connectivity index (χ1v) is 13.1. The van der Waals surface area contributed by atoms with Crippen LogP contribution in [0.5, 0.6) is 11.5 Å². The largest absolute Gasteiger partial charge is 0.459 e. The van der Waals surface area contributed by atoms with E-state index in [1.807, 2.05) is 68.1 Å². The molecule has 0 saturated carbocycles. The Bertz CT molecular complexity index is 1940. The van der Waals surface area contributed by atoms with Crippen molar-refractivity contribution in [1.82, 2.24) is 14.5 Å². The van der Waals surface area contributed by atoms with E-state index in [2.05, 4.69) is 78.8 Å². The summed E-state index contributed by atoms with van der Waals surface area (Å²) in [6.07, 6.45) is 5.83. The summed E-state index contributed by atoms with van der Waals surface area (Å²) in [7, 11) is 2.02. The number of anilines is 1. The van der Waals surface area contributed by atoms with Crippen LogP contribution in [0.4, 0.5) is 11.4 Å². The zero-order valence-corrected chi connectivity index (χ0v) is 21.9. The molecule has 4 aromatic carbocycles. The van der Waals surface area contributed by atoms with Gasteiger partial charge >= 0.3 is 0 Å². The first-order chi connectivity index (χ1) is 19.7. The second kappa shape index (κ2) is 9.64. The highest BCUT2D eigenvalue weighted by atomic mass is 16.5. The minimum atomic E-state index is 0.535. The molecule has 1 aliphatic heterocycles. The molecule has 0 aliphatic carbocycles. The van der Waals surface area contributed by atoms with Gasteiger partial charge in [-0.25, -0.2) is 9.83 Å². The van der Waals surface area contributed by atoms with Gasteiger partial charge in [0.15, 0.2) is 5.69 Å². The molecule has 0 saturated heterocycles. The standard InChI is InChI=1S/C34H25N5O/c1-35-26-19-27(38-17-16-37(2)23-38)21-29(20-26)40-28-12-13-30-31-18-25(24-8-4-3-5-9-24)11-14-32(31)39(33(30)22-28)34-10-6-7-15-36-34/h3-22H,23H2,2H3.